The van der Waals surface area contributed by atoms with Gasteiger partial charge in [0, 0.05) is 0 Å². The molecular formula is C12H18N3+. The lowest BCUT2D eigenvalue weighted by Gasteiger charge is -1.98. The van der Waals surface area contributed by atoms with E-state index in [1.165, 1.54) is 16.9 Å². The van der Waals surface area contributed by atoms with E-state index in [-0.39, 0.29) is 0 Å². The maximum absolute atomic E-state index is 5.82. The predicted octanol–water partition coefficient (Wildman–Crippen LogP) is 1.43. The lowest BCUT2D eigenvalue weighted by atomic mass is 10.3. The van der Waals surface area contributed by atoms with Crippen LogP contribution in [0.4, 0.5) is 0 Å². The molecule has 1 aromatic heterocycles. The van der Waals surface area contributed by atoms with Gasteiger partial charge in [0.2, 0.25) is 0 Å². The molecule has 0 aliphatic carbocycles. The van der Waals surface area contributed by atoms with Crippen molar-refractivity contribution >= 4 is 11.0 Å². The van der Waals surface area contributed by atoms with Crippen LogP contribution in [0.3, 0.4) is 0 Å². The first-order valence-corrected chi connectivity index (χ1v) is 5.53. The summed E-state index contributed by atoms with van der Waals surface area (Å²) in [6.07, 6.45) is 0. The molecular weight excluding hydrogens is 186 g/mol. The molecule has 0 aliphatic heterocycles. The Hall–Kier alpha value is -1.35. The zero-order chi connectivity index (χ0) is 10.8. The van der Waals surface area contributed by atoms with Crippen LogP contribution >= 0.6 is 0 Å². The third-order valence-corrected chi connectivity index (χ3v) is 2.90. The van der Waals surface area contributed by atoms with Gasteiger partial charge < -0.3 is 5.73 Å². The van der Waals surface area contributed by atoms with E-state index in [1.54, 1.807) is 0 Å². The number of aromatic nitrogens is 2. The Morgan fingerprint density at radius 2 is 2.00 bits per heavy atom. The van der Waals surface area contributed by atoms with E-state index in [1.807, 2.05) is 0 Å². The van der Waals surface area contributed by atoms with Crippen molar-refractivity contribution in [3.63, 3.8) is 0 Å². The average molecular weight is 204 g/mol. The second-order valence-corrected chi connectivity index (χ2v) is 3.60. The summed E-state index contributed by atoms with van der Waals surface area (Å²) in [6, 6.07) is 8.47. The van der Waals surface area contributed by atoms with Gasteiger partial charge in [0.25, 0.3) is 5.82 Å². The summed E-state index contributed by atoms with van der Waals surface area (Å²) in [5.41, 5.74) is 8.38. The molecule has 3 heteroatoms. The molecule has 0 aliphatic rings. The van der Waals surface area contributed by atoms with Gasteiger partial charge in [-0.25, -0.2) is 9.13 Å². The van der Waals surface area contributed by atoms with Gasteiger partial charge in [0.1, 0.15) is 0 Å². The number of aryl methyl sites for hydroxylation is 2. The fourth-order valence-electron chi connectivity index (χ4n) is 2.27. The van der Waals surface area contributed by atoms with Gasteiger partial charge in [0.05, 0.1) is 19.6 Å². The van der Waals surface area contributed by atoms with Crippen LogP contribution in [-0.2, 0) is 19.6 Å². The zero-order valence-corrected chi connectivity index (χ0v) is 9.40. The van der Waals surface area contributed by atoms with E-state index in [2.05, 4.69) is 47.2 Å². The summed E-state index contributed by atoms with van der Waals surface area (Å²) in [5, 5.41) is 0. The highest BCUT2D eigenvalue weighted by Gasteiger charge is 2.20. The predicted molar refractivity (Wildman–Crippen MR) is 61.4 cm³/mol. The van der Waals surface area contributed by atoms with Gasteiger partial charge in [0.15, 0.2) is 11.0 Å². The molecule has 2 aromatic rings. The molecule has 0 saturated carbocycles. The lowest BCUT2D eigenvalue weighted by molar-refractivity contribution is -0.676. The number of benzene rings is 1. The molecule has 3 nitrogen and oxygen atoms in total. The van der Waals surface area contributed by atoms with Crippen molar-refractivity contribution in [3.8, 4) is 0 Å². The molecule has 1 aromatic carbocycles. The van der Waals surface area contributed by atoms with Crippen molar-refractivity contribution in [3.05, 3.63) is 30.1 Å². The van der Waals surface area contributed by atoms with E-state index >= 15 is 0 Å². The number of rotatable bonds is 3. The number of imidazole rings is 1. The molecule has 1 heterocycles. The minimum absolute atomic E-state index is 0.594. The maximum atomic E-state index is 5.82. The third kappa shape index (κ3) is 1.43. The molecule has 0 saturated heterocycles. The van der Waals surface area contributed by atoms with E-state index in [4.69, 9.17) is 5.73 Å². The van der Waals surface area contributed by atoms with Crippen molar-refractivity contribution in [1.82, 2.24) is 4.57 Å². The van der Waals surface area contributed by atoms with E-state index in [0.29, 0.717) is 6.54 Å². The third-order valence-electron chi connectivity index (χ3n) is 2.90. The molecule has 2 rings (SSSR count). The van der Waals surface area contributed by atoms with Crippen LogP contribution in [-0.4, -0.2) is 4.57 Å². The topological polar surface area (TPSA) is 34.8 Å². The number of nitrogens with two attached hydrogens (primary N) is 1. The quantitative estimate of drug-likeness (QED) is 0.754. The Bertz CT molecular complexity index is 430. The van der Waals surface area contributed by atoms with Crippen molar-refractivity contribution in [2.24, 2.45) is 5.73 Å². The van der Waals surface area contributed by atoms with E-state index in [9.17, 15) is 0 Å². The van der Waals surface area contributed by atoms with Crippen LogP contribution in [0.1, 0.15) is 19.7 Å². The molecule has 0 amide bonds. The monoisotopic (exact) mass is 204 g/mol. The Morgan fingerprint density at radius 1 is 1.27 bits per heavy atom. The minimum atomic E-state index is 0.594. The van der Waals surface area contributed by atoms with E-state index in [0.717, 1.165) is 13.1 Å². The number of fused-ring (bicyclic) bond motifs is 1. The fraction of sp³-hybridized carbons (Fsp3) is 0.417. The molecule has 0 radical (unpaired) electrons. The largest absolute Gasteiger partial charge is 0.320 e. The highest BCUT2D eigenvalue weighted by molar-refractivity contribution is 5.72. The Morgan fingerprint density at radius 3 is 2.60 bits per heavy atom. The molecule has 80 valence electrons. The summed E-state index contributed by atoms with van der Waals surface area (Å²) >= 11 is 0. The first kappa shape index (κ1) is 10.2. The van der Waals surface area contributed by atoms with Crippen LogP contribution in [0.5, 0.6) is 0 Å². The highest BCUT2D eigenvalue weighted by Crippen LogP contribution is 2.13. The first-order valence-electron chi connectivity index (χ1n) is 5.53. The van der Waals surface area contributed by atoms with E-state index < -0.39 is 0 Å². The standard InChI is InChI=1S/C12H18N3/c1-3-14-10-7-5-6-8-11(10)15(4-2)12(14)9-13/h5-8H,3-4,9,13H2,1-2H3/q+1. The molecule has 15 heavy (non-hydrogen) atoms. The summed E-state index contributed by atoms with van der Waals surface area (Å²) < 4.78 is 4.58. The van der Waals surface area contributed by atoms with Crippen LogP contribution in [0.25, 0.3) is 11.0 Å². The highest BCUT2D eigenvalue weighted by atomic mass is 15.2. The number of nitrogens with zero attached hydrogens (tertiary/aromatic N) is 2. The number of hydrogen-bond donors (Lipinski definition) is 1. The second-order valence-electron chi connectivity index (χ2n) is 3.60. The van der Waals surface area contributed by atoms with Crippen LogP contribution in [0.2, 0.25) is 0 Å². The average Bonchev–Trinajstić information content (AvgIpc) is 2.61. The number of para-hydroxylation sites is 2. The first-order chi connectivity index (χ1) is 7.33. The Kier molecular flexibility index (Phi) is 2.73. The van der Waals surface area contributed by atoms with Gasteiger partial charge in [-0.3, -0.25) is 0 Å². The smallest absolute Gasteiger partial charge is 0.271 e. The van der Waals surface area contributed by atoms with Gasteiger partial charge >= 0.3 is 0 Å². The molecule has 0 spiro atoms. The van der Waals surface area contributed by atoms with Crippen molar-refractivity contribution in [2.45, 2.75) is 33.5 Å². The molecule has 0 atom stereocenters. The molecule has 0 bridgehead atoms. The second kappa shape index (κ2) is 4.03. The summed E-state index contributed by atoms with van der Waals surface area (Å²) in [4.78, 5) is 0. The molecule has 2 N–H and O–H groups in total. The Balaban J connectivity index is 2.82. The minimum Gasteiger partial charge on any atom is -0.320 e. The van der Waals surface area contributed by atoms with Crippen LogP contribution in [0.15, 0.2) is 24.3 Å². The van der Waals surface area contributed by atoms with Crippen LogP contribution < -0.4 is 10.3 Å². The summed E-state index contributed by atoms with van der Waals surface area (Å²) in [7, 11) is 0. The lowest BCUT2D eigenvalue weighted by Crippen LogP contribution is -2.38. The molecule has 0 unspecified atom stereocenters. The Labute approximate surface area is 90.1 Å². The van der Waals surface area contributed by atoms with Crippen molar-refractivity contribution in [2.75, 3.05) is 0 Å². The van der Waals surface area contributed by atoms with Gasteiger partial charge in [-0.1, -0.05) is 12.1 Å². The van der Waals surface area contributed by atoms with Crippen molar-refractivity contribution in [1.29, 1.82) is 0 Å². The van der Waals surface area contributed by atoms with Crippen LogP contribution in [0, 0.1) is 0 Å². The SMILES string of the molecule is CCn1c(CN)[n+](CC)c2ccccc21. The zero-order valence-electron chi connectivity index (χ0n) is 9.40. The van der Waals surface area contributed by atoms with Gasteiger partial charge in [-0.05, 0) is 26.0 Å². The van der Waals surface area contributed by atoms with Gasteiger partial charge in [-0.15, -0.1) is 0 Å². The summed E-state index contributed by atoms with van der Waals surface area (Å²) in [5.74, 6) is 1.21. The fourth-order valence-corrected chi connectivity index (χ4v) is 2.27. The summed E-state index contributed by atoms with van der Waals surface area (Å²) in [6.45, 7) is 6.85. The normalized spacial score (nSPS) is 11.1. The van der Waals surface area contributed by atoms with Crippen molar-refractivity contribution < 1.29 is 4.57 Å². The maximum Gasteiger partial charge on any atom is 0.271 e. The molecule has 0 fully saturated rings. The number of hydrogen-bond acceptors (Lipinski definition) is 1. The van der Waals surface area contributed by atoms with Gasteiger partial charge in [-0.2, -0.15) is 0 Å².